The summed E-state index contributed by atoms with van der Waals surface area (Å²) in [6.07, 6.45) is 0.877. The second-order valence-electron chi connectivity index (χ2n) is 8.40. The number of hydrogen-bond acceptors (Lipinski definition) is 6. The Bertz CT molecular complexity index is 1490. The molecular formula is C28H24KNO6. The van der Waals surface area contributed by atoms with Crippen LogP contribution in [-0.4, -0.2) is 24.4 Å². The first-order valence-corrected chi connectivity index (χ1v) is 11.4. The first-order chi connectivity index (χ1) is 17.0. The standard InChI is InChI=1S/C28H25NO6.K/c1-3-18-13-24-25(35-16-34-24)14-19(18)15-29-23-7-5-4-6-21(23)27(30)22(26(29)28(31)32)12-17-8-10-20(33-2)11-9-17;/h4-11,13-14H,3,12,15-16H2,1-2H3,(H,31,32);/q;+1/p-1. The van der Waals surface area contributed by atoms with Crippen molar-refractivity contribution in [3.05, 3.63) is 98.8 Å². The summed E-state index contributed by atoms with van der Waals surface area (Å²) in [5.74, 6) is 0.585. The summed E-state index contributed by atoms with van der Waals surface area (Å²) in [4.78, 5) is 26.0. The molecule has 0 spiro atoms. The Morgan fingerprint density at radius 3 is 2.33 bits per heavy atom. The summed E-state index contributed by atoms with van der Waals surface area (Å²) in [5, 5.41) is 13.0. The van der Waals surface area contributed by atoms with Gasteiger partial charge in [-0.15, -0.1) is 0 Å². The molecule has 0 radical (unpaired) electrons. The molecule has 0 atom stereocenters. The molecule has 1 aromatic heterocycles. The van der Waals surface area contributed by atoms with E-state index in [1.807, 2.05) is 31.2 Å². The maximum absolute atomic E-state index is 13.5. The van der Waals surface area contributed by atoms with Crippen LogP contribution >= 0.6 is 0 Å². The zero-order valence-electron chi connectivity index (χ0n) is 20.5. The van der Waals surface area contributed by atoms with Gasteiger partial charge in [0.25, 0.3) is 0 Å². The number of aromatic nitrogens is 1. The number of nitrogens with zero attached hydrogens (tertiary/aromatic N) is 1. The molecule has 0 amide bonds. The number of carboxylic acid groups (broad SMARTS) is 1. The van der Waals surface area contributed by atoms with E-state index in [9.17, 15) is 14.7 Å². The number of hydrogen-bond donors (Lipinski definition) is 0. The van der Waals surface area contributed by atoms with Crippen molar-refractivity contribution < 1.29 is 75.5 Å². The van der Waals surface area contributed by atoms with Crippen molar-refractivity contribution in [2.24, 2.45) is 0 Å². The smallest absolute Gasteiger partial charge is 0.543 e. The molecule has 0 saturated heterocycles. The monoisotopic (exact) mass is 509 g/mol. The van der Waals surface area contributed by atoms with Gasteiger partial charge in [-0.1, -0.05) is 31.2 Å². The van der Waals surface area contributed by atoms with Crippen molar-refractivity contribution in [3.63, 3.8) is 0 Å². The number of fused-ring (bicyclic) bond motifs is 2. The molecule has 3 aromatic carbocycles. The minimum absolute atomic E-state index is 0. The summed E-state index contributed by atoms with van der Waals surface area (Å²) in [6.45, 7) is 2.41. The van der Waals surface area contributed by atoms with Crippen LogP contribution in [0, 0.1) is 0 Å². The number of aromatic carboxylic acids is 1. The molecule has 0 bridgehead atoms. The van der Waals surface area contributed by atoms with Crippen LogP contribution in [0.2, 0.25) is 0 Å². The van der Waals surface area contributed by atoms with Gasteiger partial charge >= 0.3 is 51.4 Å². The molecule has 2 heterocycles. The number of rotatable bonds is 7. The summed E-state index contributed by atoms with van der Waals surface area (Å²) in [5.41, 5.74) is 2.99. The molecule has 8 heteroatoms. The summed E-state index contributed by atoms with van der Waals surface area (Å²) >= 11 is 0. The molecule has 0 N–H and O–H groups in total. The minimum Gasteiger partial charge on any atom is -0.543 e. The third-order valence-electron chi connectivity index (χ3n) is 6.41. The Hall–Kier alpha value is -2.62. The quantitative estimate of drug-likeness (QED) is 0.333. The molecule has 4 aromatic rings. The van der Waals surface area contributed by atoms with Crippen LogP contribution in [0.4, 0.5) is 0 Å². The van der Waals surface area contributed by atoms with Crippen LogP contribution in [0.3, 0.4) is 0 Å². The van der Waals surface area contributed by atoms with Gasteiger partial charge < -0.3 is 28.7 Å². The van der Waals surface area contributed by atoms with E-state index < -0.39 is 5.97 Å². The van der Waals surface area contributed by atoms with E-state index in [0.29, 0.717) is 28.2 Å². The number of ether oxygens (including phenoxy) is 3. The molecule has 178 valence electrons. The minimum atomic E-state index is -1.39. The zero-order valence-corrected chi connectivity index (χ0v) is 23.6. The predicted octanol–water partition coefficient (Wildman–Crippen LogP) is 0.308. The van der Waals surface area contributed by atoms with E-state index in [-0.39, 0.29) is 87.8 Å². The van der Waals surface area contributed by atoms with Gasteiger partial charge in [-0.25, -0.2) is 0 Å². The van der Waals surface area contributed by atoms with E-state index in [1.54, 1.807) is 48.1 Å². The molecule has 0 fully saturated rings. The molecular weight excluding hydrogens is 485 g/mol. The first-order valence-electron chi connectivity index (χ1n) is 11.4. The molecule has 5 rings (SSSR count). The molecule has 36 heavy (non-hydrogen) atoms. The van der Waals surface area contributed by atoms with Gasteiger partial charge in [-0.05, 0) is 59.5 Å². The summed E-state index contributed by atoms with van der Waals surface area (Å²) in [7, 11) is 1.58. The van der Waals surface area contributed by atoms with Crippen molar-refractivity contribution in [3.8, 4) is 17.2 Å². The SMILES string of the molecule is CCc1cc2c(cc1Cn1c(C(=O)[O-])c(Cc3ccc(OC)cc3)c(=O)c3ccccc31)OCO2.[K+]. The predicted molar refractivity (Wildman–Crippen MR) is 129 cm³/mol. The summed E-state index contributed by atoms with van der Waals surface area (Å²) < 4.78 is 18.0. The van der Waals surface area contributed by atoms with Crippen molar-refractivity contribution in [1.82, 2.24) is 4.57 Å². The summed E-state index contributed by atoms with van der Waals surface area (Å²) in [6, 6.07) is 18.1. The van der Waals surface area contributed by atoms with Gasteiger partial charge in [-0.3, -0.25) is 4.79 Å². The maximum atomic E-state index is 13.5. The fraction of sp³-hybridized carbons (Fsp3) is 0.214. The van der Waals surface area contributed by atoms with Crippen LogP contribution in [0.25, 0.3) is 10.9 Å². The third-order valence-corrected chi connectivity index (χ3v) is 6.41. The molecule has 1 aliphatic heterocycles. The molecule has 0 saturated carbocycles. The number of carbonyl (C=O) groups is 1. The Morgan fingerprint density at radius 2 is 1.69 bits per heavy atom. The topological polar surface area (TPSA) is 89.8 Å². The van der Waals surface area contributed by atoms with Gasteiger partial charge in [0.1, 0.15) is 5.75 Å². The van der Waals surface area contributed by atoms with Crippen LogP contribution in [0.15, 0.2) is 65.5 Å². The average molecular weight is 510 g/mol. The van der Waals surface area contributed by atoms with Crippen LogP contribution in [-0.2, 0) is 19.4 Å². The largest absolute Gasteiger partial charge is 1.00 e. The molecule has 1 aliphatic rings. The van der Waals surface area contributed by atoms with E-state index in [2.05, 4.69) is 0 Å². The number of methoxy groups -OCH3 is 1. The van der Waals surface area contributed by atoms with E-state index in [0.717, 1.165) is 23.1 Å². The van der Waals surface area contributed by atoms with E-state index in [4.69, 9.17) is 14.2 Å². The van der Waals surface area contributed by atoms with Crippen molar-refractivity contribution in [2.75, 3.05) is 13.9 Å². The average Bonchev–Trinajstić information content (AvgIpc) is 3.34. The number of aryl methyl sites for hydroxylation is 1. The number of carboxylic acids is 1. The van der Waals surface area contributed by atoms with Gasteiger partial charge in [-0.2, -0.15) is 0 Å². The van der Waals surface area contributed by atoms with Crippen molar-refractivity contribution >= 4 is 16.9 Å². The van der Waals surface area contributed by atoms with Gasteiger partial charge in [0, 0.05) is 23.9 Å². The van der Waals surface area contributed by atoms with Gasteiger partial charge in [0.15, 0.2) is 16.9 Å². The Labute approximate surface area is 251 Å². The van der Waals surface area contributed by atoms with Gasteiger partial charge in [0.05, 0.1) is 24.3 Å². The second-order valence-corrected chi connectivity index (χ2v) is 8.40. The number of carbonyl (C=O) groups excluding carboxylic acids is 1. The van der Waals surface area contributed by atoms with Crippen LogP contribution in [0.1, 0.15) is 39.7 Å². The van der Waals surface area contributed by atoms with Crippen molar-refractivity contribution in [1.29, 1.82) is 0 Å². The maximum Gasteiger partial charge on any atom is 1.00 e. The van der Waals surface area contributed by atoms with E-state index >= 15 is 0 Å². The number of benzene rings is 3. The second kappa shape index (κ2) is 11.2. The Kier molecular flexibility index (Phi) is 8.22. The van der Waals surface area contributed by atoms with Crippen LogP contribution < -0.4 is 76.1 Å². The van der Waals surface area contributed by atoms with Gasteiger partial charge in [0.2, 0.25) is 6.79 Å². The molecule has 0 unspecified atom stereocenters. The zero-order chi connectivity index (χ0) is 24.5. The fourth-order valence-corrected chi connectivity index (χ4v) is 4.64. The number of para-hydroxylation sites is 1. The first kappa shape index (κ1) is 26.4. The normalized spacial score (nSPS) is 11.8. The number of pyridine rings is 1. The fourth-order valence-electron chi connectivity index (χ4n) is 4.64. The molecule has 7 nitrogen and oxygen atoms in total. The third kappa shape index (κ3) is 4.96. The Balaban J connectivity index is 0.00000304. The van der Waals surface area contributed by atoms with Crippen molar-refractivity contribution in [2.45, 2.75) is 26.3 Å². The van der Waals surface area contributed by atoms with Crippen LogP contribution in [0.5, 0.6) is 17.2 Å². The molecule has 0 aliphatic carbocycles. The Morgan fingerprint density at radius 1 is 1.03 bits per heavy atom. The van der Waals surface area contributed by atoms with E-state index in [1.165, 1.54) is 0 Å².